The maximum Gasteiger partial charge on any atom is 0.327 e. The third-order valence-corrected chi connectivity index (χ3v) is 3.34. The summed E-state index contributed by atoms with van der Waals surface area (Å²) in [6, 6.07) is 6.63. The molecule has 1 heterocycles. The first-order valence-corrected chi connectivity index (χ1v) is 6.75. The van der Waals surface area contributed by atoms with E-state index in [0.717, 1.165) is 4.57 Å². The van der Waals surface area contributed by atoms with Gasteiger partial charge in [0.1, 0.15) is 5.54 Å². The van der Waals surface area contributed by atoms with E-state index in [0.29, 0.717) is 5.56 Å². The van der Waals surface area contributed by atoms with Gasteiger partial charge in [-0.15, -0.1) is 0 Å². The van der Waals surface area contributed by atoms with Crippen LogP contribution in [-0.2, 0) is 22.7 Å². The highest BCUT2D eigenvalue weighted by Crippen LogP contribution is 2.27. The maximum absolute atomic E-state index is 12.1. The predicted molar refractivity (Wildman–Crippen MR) is 79.9 cm³/mol. The molecule has 0 fully saturated rings. The van der Waals surface area contributed by atoms with Gasteiger partial charge in [0.2, 0.25) is 0 Å². The number of carbonyl (C=O) groups excluding carboxylic acids is 1. The van der Waals surface area contributed by atoms with Crippen LogP contribution in [0.5, 0.6) is 23.3 Å². The number of aromatic hydroxyl groups is 4. The second-order valence-corrected chi connectivity index (χ2v) is 5.46. The van der Waals surface area contributed by atoms with Crippen LogP contribution in [0.3, 0.4) is 0 Å². The molecule has 8 nitrogen and oxygen atoms in total. The largest absolute Gasteiger partial charge is 0.504 e. The van der Waals surface area contributed by atoms with Crippen molar-refractivity contribution in [1.82, 2.24) is 4.57 Å². The van der Waals surface area contributed by atoms with Crippen molar-refractivity contribution in [3.63, 3.8) is 0 Å². The molecule has 0 bridgehead atoms. The zero-order valence-corrected chi connectivity index (χ0v) is 12.4. The Kier molecular flexibility index (Phi) is 4.37. The van der Waals surface area contributed by atoms with Crippen molar-refractivity contribution >= 4 is 5.97 Å². The third kappa shape index (κ3) is 3.67. The molecule has 23 heavy (non-hydrogen) atoms. The monoisotopic (exact) mass is 322 g/mol. The summed E-state index contributed by atoms with van der Waals surface area (Å²) in [6.45, 7) is 1.06. The van der Waals surface area contributed by atoms with E-state index in [4.69, 9.17) is 10.5 Å². The first-order valence-electron chi connectivity index (χ1n) is 6.75. The molecule has 0 spiro atoms. The van der Waals surface area contributed by atoms with Gasteiger partial charge >= 0.3 is 5.97 Å². The summed E-state index contributed by atoms with van der Waals surface area (Å²) in [5, 5.41) is 37.7. The fourth-order valence-corrected chi connectivity index (χ4v) is 2.04. The van der Waals surface area contributed by atoms with Crippen LogP contribution in [-0.4, -0.2) is 36.5 Å². The Balaban J connectivity index is 2.03. The molecular weight excluding hydrogens is 304 g/mol. The molecule has 1 aromatic heterocycles. The minimum atomic E-state index is -1.40. The Hall–Kier alpha value is -2.87. The Morgan fingerprint density at radius 1 is 1.13 bits per heavy atom. The second-order valence-electron chi connectivity index (χ2n) is 5.46. The smallest absolute Gasteiger partial charge is 0.327 e. The molecule has 2 aromatic rings. The number of phenols is 2. The van der Waals surface area contributed by atoms with Crippen molar-refractivity contribution in [2.45, 2.75) is 25.6 Å². The number of phenolic OH excluding ortho intramolecular Hbond substituents is 2. The molecule has 1 atom stereocenters. The number of ether oxygens (including phenoxy) is 1. The van der Waals surface area contributed by atoms with Gasteiger partial charge in [0.25, 0.3) is 0 Å². The van der Waals surface area contributed by atoms with Crippen molar-refractivity contribution in [1.29, 1.82) is 0 Å². The fourth-order valence-electron chi connectivity index (χ4n) is 2.04. The van der Waals surface area contributed by atoms with Crippen molar-refractivity contribution in [3.8, 4) is 23.3 Å². The van der Waals surface area contributed by atoms with E-state index < -0.39 is 18.2 Å². The van der Waals surface area contributed by atoms with Crippen molar-refractivity contribution in [3.05, 3.63) is 35.9 Å². The maximum atomic E-state index is 12.1. The number of carbonyl (C=O) groups is 1. The second kappa shape index (κ2) is 6.09. The number of esters is 1. The summed E-state index contributed by atoms with van der Waals surface area (Å²) < 4.78 is 5.99. The van der Waals surface area contributed by atoms with Crippen LogP contribution in [0.25, 0.3) is 0 Å². The van der Waals surface area contributed by atoms with Gasteiger partial charge < -0.3 is 30.9 Å². The molecule has 1 aromatic carbocycles. The van der Waals surface area contributed by atoms with Crippen molar-refractivity contribution in [2.24, 2.45) is 5.73 Å². The van der Waals surface area contributed by atoms with E-state index in [1.54, 1.807) is 0 Å². The summed E-state index contributed by atoms with van der Waals surface area (Å²) in [6.07, 6.45) is 0.0588. The van der Waals surface area contributed by atoms with Gasteiger partial charge in [0.05, 0.1) is 0 Å². The number of nitrogens with zero attached hydrogens (tertiary/aromatic N) is 1. The van der Waals surface area contributed by atoms with Gasteiger partial charge in [-0.05, 0) is 24.6 Å². The summed E-state index contributed by atoms with van der Waals surface area (Å²) >= 11 is 0. The molecule has 124 valence electrons. The molecule has 0 amide bonds. The lowest BCUT2D eigenvalue weighted by atomic mass is 9.94. The Morgan fingerprint density at radius 2 is 1.74 bits per heavy atom. The van der Waals surface area contributed by atoms with Crippen LogP contribution in [0.4, 0.5) is 0 Å². The van der Waals surface area contributed by atoms with Gasteiger partial charge in [-0.25, -0.2) is 9.36 Å². The topological polar surface area (TPSA) is 138 Å². The van der Waals surface area contributed by atoms with Crippen LogP contribution in [0, 0.1) is 0 Å². The first-order chi connectivity index (χ1) is 10.7. The molecule has 0 saturated carbocycles. The third-order valence-electron chi connectivity index (χ3n) is 3.34. The molecule has 0 aliphatic carbocycles. The highest BCUT2D eigenvalue weighted by atomic mass is 16.5. The van der Waals surface area contributed by atoms with Gasteiger partial charge in [-0.3, -0.25) is 0 Å². The van der Waals surface area contributed by atoms with E-state index in [9.17, 15) is 25.2 Å². The number of aromatic nitrogens is 1. The van der Waals surface area contributed by atoms with E-state index in [-0.39, 0.29) is 29.7 Å². The summed E-state index contributed by atoms with van der Waals surface area (Å²) in [7, 11) is 0. The van der Waals surface area contributed by atoms with E-state index in [2.05, 4.69) is 0 Å². The molecule has 0 aliphatic heterocycles. The Labute approximate surface area is 132 Å². The molecular formula is C15H18N2O6. The normalized spacial score (nSPS) is 13.5. The number of rotatable bonds is 5. The van der Waals surface area contributed by atoms with Gasteiger partial charge in [-0.2, -0.15) is 0 Å². The average molecular weight is 322 g/mol. The van der Waals surface area contributed by atoms with Crippen LogP contribution in [0.2, 0.25) is 0 Å². The van der Waals surface area contributed by atoms with Gasteiger partial charge in [0.15, 0.2) is 30.0 Å². The van der Waals surface area contributed by atoms with Crippen molar-refractivity contribution in [2.75, 3.05) is 0 Å². The molecule has 0 aliphatic rings. The lowest BCUT2D eigenvalue weighted by molar-refractivity contribution is -0.153. The molecule has 8 heteroatoms. The SMILES string of the molecule is C[C@](N)(Cc1ccc(O)c(O)c1)C(=O)OCn1c(O)ccc1O. The fraction of sp³-hybridized carbons (Fsp3) is 0.267. The predicted octanol–water partition coefficient (Wildman–Crippen LogP) is 0.771. The Morgan fingerprint density at radius 3 is 2.30 bits per heavy atom. The average Bonchev–Trinajstić information content (AvgIpc) is 2.79. The Bertz CT molecular complexity index is 703. The van der Waals surface area contributed by atoms with E-state index in [1.807, 2.05) is 0 Å². The van der Waals surface area contributed by atoms with Crippen molar-refractivity contribution < 1.29 is 30.0 Å². The van der Waals surface area contributed by atoms with Gasteiger partial charge in [0, 0.05) is 18.6 Å². The van der Waals surface area contributed by atoms with E-state index in [1.165, 1.54) is 37.3 Å². The first kappa shape index (κ1) is 16.5. The molecule has 6 N–H and O–H groups in total. The number of hydrogen-bond donors (Lipinski definition) is 5. The highest BCUT2D eigenvalue weighted by molar-refractivity contribution is 5.80. The molecule has 0 radical (unpaired) electrons. The van der Waals surface area contributed by atoms with Gasteiger partial charge in [-0.1, -0.05) is 6.07 Å². The summed E-state index contributed by atoms with van der Waals surface area (Å²) in [5.41, 5.74) is 5.08. The van der Waals surface area contributed by atoms with Crippen LogP contribution >= 0.6 is 0 Å². The number of hydrogen-bond acceptors (Lipinski definition) is 7. The van der Waals surface area contributed by atoms with Crippen LogP contribution < -0.4 is 5.73 Å². The molecule has 0 unspecified atom stereocenters. The minimum Gasteiger partial charge on any atom is -0.504 e. The zero-order chi connectivity index (χ0) is 17.2. The molecule has 0 saturated heterocycles. The zero-order valence-electron chi connectivity index (χ0n) is 12.4. The van der Waals surface area contributed by atoms with E-state index >= 15 is 0 Å². The quantitative estimate of drug-likeness (QED) is 0.405. The number of nitrogens with two attached hydrogens (primary N) is 1. The highest BCUT2D eigenvalue weighted by Gasteiger charge is 2.31. The lowest BCUT2D eigenvalue weighted by Crippen LogP contribution is -2.48. The summed E-state index contributed by atoms with van der Waals surface area (Å²) in [4.78, 5) is 12.1. The lowest BCUT2D eigenvalue weighted by Gasteiger charge is -2.23. The summed E-state index contributed by atoms with van der Waals surface area (Å²) in [5.74, 6) is -1.84. The standard InChI is InChI=1S/C15H18N2O6/c1-15(16,7-9-2-3-10(18)11(19)6-9)14(22)23-8-17-12(20)4-5-13(17)21/h2-6,18-21H,7-8,16H2,1H3/t15-/m0/s1. The van der Waals surface area contributed by atoms with Crippen LogP contribution in [0.1, 0.15) is 12.5 Å². The number of benzene rings is 1. The minimum absolute atomic E-state index is 0.0588. The molecule has 2 rings (SSSR count). The van der Waals surface area contributed by atoms with Crippen LogP contribution in [0.15, 0.2) is 30.3 Å².